The molecule has 1 unspecified atom stereocenters. The standard InChI is InChI=1S/C26H34N2O3S/c1-2-31-26(30)24-22(17-19-11-5-3-6-12-19)32-25(27-24)21-15-9-10-16-28(21)23(29)18-20-13-7-4-8-14-20/h3,5-6,11-12,20-21H,2,4,7-10,13-18H2,1H3. The van der Waals surface area contributed by atoms with Gasteiger partial charge in [0.1, 0.15) is 5.01 Å². The minimum absolute atomic E-state index is 0.0254. The zero-order valence-electron chi connectivity index (χ0n) is 19.1. The Morgan fingerprint density at radius 1 is 1.06 bits per heavy atom. The van der Waals surface area contributed by atoms with Crippen LogP contribution in [0.1, 0.15) is 96.7 Å². The molecule has 172 valence electrons. The number of ether oxygens (including phenoxy) is 1. The van der Waals surface area contributed by atoms with Crippen molar-refractivity contribution in [3.05, 3.63) is 51.5 Å². The van der Waals surface area contributed by atoms with E-state index in [0.717, 1.165) is 41.3 Å². The highest BCUT2D eigenvalue weighted by atomic mass is 32.1. The first-order chi connectivity index (χ1) is 15.7. The first kappa shape index (κ1) is 23.0. The number of thiazole rings is 1. The number of benzene rings is 1. The van der Waals surface area contributed by atoms with E-state index in [1.54, 1.807) is 11.3 Å². The van der Waals surface area contributed by atoms with Gasteiger partial charge in [0, 0.05) is 24.3 Å². The molecule has 1 aliphatic heterocycles. The summed E-state index contributed by atoms with van der Waals surface area (Å²) >= 11 is 1.58. The summed E-state index contributed by atoms with van der Waals surface area (Å²) in [6.45, 7) is 2.93. The van der Waals surface area contributed by atoms with Gasteiger partial charge in [-0.25, -0.2) is 9.78 Å². The number of rotatable bonds is 7. The fourth-order valence-electron chi connectivity index (χ4n) is 5.01. The van der Waals surface area contributed by atoms with Gasteiger partial charge in [0.2, 0.25) is 5.91 Å². The number of piperidine rings is 1. The van der Waals surface area contributed by atoms with Crippen LogP contribution in [-0.2, 0) is 16.0 Å². The minimum atomic E-state index is -0.364. The van der Waals surface area contributed by atoms with Crippen LogP contribution in [0.4, 0.5) is 0 Å². The number of nitrogens with zero attached hydrogens (tertiary/aromatic N) is 2. The van der Waals surface area contributed by atoms with Crippen LogP contribution in [0.25, 0.3) is 0 Å². The summed E-state index contributed by atoms with van der Waals surface area (Å²) in [5.41, 5.74) is 1.56. The number of hydrogen-bond donors (Lipinski definition) is 0. The van der Waals surface area contributed by atoms with Crippen molar-refractivity contribution >= 4 is 23.2 Å². The third kappa shape index (κ3) is 5.58. The maximum atomic E-state index is 13.3. The van der Waals surface area contributed by atoms with Crippen molar-refractivity contribution < 1.29 is 14.3 Å². The lowest BCUT2D eigenvalue weighted by molar-refractivity contribution is -0.136. The van der Waals surface area contributed by atoms with E-state index in [0.29, 0.717) is 31.1 Å². The molecule has 0 bridgehead atoms. The first-order valence-corrected chi connectivity index (χ1v) is 13.0. The third-order valence-electron chi connectivity index (χ3n) is 6.69. The van der Waals surface area contributed by atoms with Crippen LogP contribution in [0.2, 0.25) is 0 Å². The van der Waals surface area contributed by atoms with Gasteiger partial charge >= 0.3 is 5.97 Å². The number of carbonyl (C=O) groups is 2. The summed E-state index contributed by atoms with van der Waals surface area (Å²) in [7, 11) is 0. The number of carbonyl (C=O) groups excluding carboxylic acids is 2. The maximum Gasteiger partial charge on any atom is 0.358 e. The fraction of sp³-hybridized carbons (Fsp3) is 0.577. The molecule has 0 N–H and O–H groups in total. The molecule has 32 heavy (non-hydrogen) atoms. The predicted octanol–water partition coefficient (Wildman–Crippen LogP) is 5.93. The summed E-state index contributed by atoms with van der Waals surface area (Å²) in [6.07, 6.45) is 10.5. The Bertz CT molecular complexity index is 905. The molecule has 1 aromatic carbocycles. The zero-order valence-corrected chi connectivity index (χ0v) is 19.9. The van der Waals surface area contributed by atoms with Crippen LogP contribution in [0.5, 0.6) is 0 Å². The molecule has 2 heterocycles. The maximum absolute atomic E-state index is 13.3. The Morgan fingerprint density at radius 3 is 2.56 bits per heavy atom. The molecular weight excluding hydrogens is 420 g/mol. The number of esters is 1. The number of hydrogen-bond acceptors (Lipinski definition) is 5. The molecule has 1 saturated carbocycles. The molecule has 1 atom stereocenters. The summed E-state index contributed by atoms with van der Waals surface area (Å²) in [5, 5.41) is 0.885. The zero-order chi connectivity index (χ0) is 22.3. The summed E-state index contributed by atoms with van der Waals surface area (Å²) < 4.78 is 5.31. The molecule has 2 aromatic rings. The molecule has 5 nitrogen and oxygen atoms in total. The smallest absolute Gasteiger partial charge is 0.358 e. The van der Waals surface area contributed by atoms with Gasteiger partial charge < -0.3 is 9.64 Å². The largest absolute Gasteiger partial charge is 0.461 e. The molecule has 2 aliphatic rings. The summed E-state index contributed by atoms with van der Waals surface area (Å²) in [6, 6.07) is 10.1. The predicted molar refractivity (Wildman–Crippen MR) is 127 cm³/mol. The lowest BCUT2D eigenvalue weighted by Gasteiger charge is -2.36. The van der Waals surface area contributed by atoms with Gasteiger partial charge in [-0.2, -0.15) is 0 Å². The first-order valence-electron chi connectivity index (χ1n) is 12.2. The Hall–Kier alpha value is -2.21. The SMILES string of the molecule is CCOC(=O)c1nc(C2CCCCN2C(=O)CC2CCCCC2)sc1Cc1ccccc1. The Morgan fingerprint density at radius 2 is 1.81 bits per heavy atom. The quantitative estimate of drug-likeness (QED) is 0.486. The van der Waals surface area contributed by atoms with Crippen molar-refractivity contribution in [3.8, 4) is 0 Å². The number of aromatic nitrogens is 1. The van der Waals surface area contributed by atoms with Crippen LogP contribution in [0, 0.1) is 5.92 Å². The van der Waals surface area contributed by atoms with Crippen molar-refractivity contribution in [3.63, 3.8) is 0 Å². The highest BCUT2D eigenvalue weighted by Gasteiger charge is 2.33. The van der Waals surface area contributed by atoms with Crippen molar-refractivity contribution in [1.82, 2.24) is 9.88 Å². The van der Waals surface area contributed by atoms with Crippen molar-refractivity contribution in [1.29, 1.82) is 0 Å². The van der Waals surface area contributed by atoms with E-state index in [1.165, 1.54) is 32.1 Å². The molecular formula is C26H34N2O3S. The second kappa shape index (κ2) is 11.1. The molecule has 2 fully saturated rings. The average Bonchev–Trinajstić information content (AvgIpc) is 3.24. The van der Waals surface area contributed by atoms with E-state index in [1.807, 2.05) is 25.1 Å². The van der Waals surface area contributed by atoms with Gasteiger partial charge in [0.25, 0.3) is 0 Å². The van der Waals surface area contributed by atoms with Crippen LogP contribution in [0.3, 0.4) is 0 Å². The Labute approximate surface area is 195 Å². The minimum Gasteiger partial charge on any atom is -0.461 e. The summed E-state index contributed by atoms with van der Waals surface area (Å²) in [4.78, 5) is 33.7. The van der Waals surface area contributed by atoms with E-state index >= 15 is 0 Å². The molecule has 1 aliphatic carbocycles. The van der Waals surface area contributed by atoms with E-state index in [-0.39, 0.29) is 17.9 Å². The van der Waals surface area contributed by atoms with E-state index < -0.39 is 0 Å². The molecule has 0 radical (unpaired) electrons. The van der Waals surface area contributed by atoms with Gasteiger partial charge in [-0.15, -0.1) is 11.3 Å². The fourth-order valence-corrected chi connectivity index (χ4v) is 6.25. The van der Waals surface area contributed by atoms with Crippen LogP contribution < -0.4 is 0 Å². The normalized spacial score (nSPS) is 19.7. The molecule has 6 heteroatoms. The van der Waals surface area contributed by atoms with E-state index in [9.17, 15) is 9.59 Å². The van der Waals surface area contributed by atoms with Crippen molar-refractivity contribution in [2.75, 3.05) is 13.2 Å². The summed E-state index contributed by atoms with van der Waals surface area (Å²) in [5.74, 6) is 0.426. The molecule has 0 spiro atoms. The molecule has 1 aromatic heterocycles. The lowest BCUT2D eigenvalue weighted by Crippen LogP contribution is -2.39. The lowest BCUT2D eigenvalue weighted by atomic mass is 9.86. The highest BCUT2D eigenvalue weighted by molar-refractivity contribution is 7.12. The molecule has 1 amide bonds. The van der Waals surface area contributed by atoms with Gasteiger partial charge in [-0.3, -0.25) is 4.79 Å². The topological polar surface area (TPSA) is 59.5 Å². The molecule has 4 rings (SSSR count). The van der Waals surface area contributed by atoms with Gasteiger partial charge in [-0.1, -0.05) is 49.6 Å². The van der Waals surface area contributed by atoms with E-state index in [4.69, 9.17) is 9.72 Å². The van der Waals surface area contributed by atoms with Crippen LogP contribution in [0.15, 0.2) is 30.3 Å². The second-order valence-electron chi connectivity index (χ2n) is 9.01. The van der Waals surface area contributed by atoms with Gasteiger partial charge in [-0.05, 0) is 50.5 Å². The van der Waals surface area contributed by atoms with Crippen molar-refractivity contribution in [2.24, 2.45) is 5.92 Å². The van der Waals surface area contributed by atoms with Gasteiger partial charge in [0.15, 0.2) is 5.69 Å². The second-order valence-corrected chi connectivity index (χ2v) is 10.1. The number of likely N-dealkylation sites (tertiary alicyclic amines) is 1. The Kier molecular flexibility index (Phi) is 7.95. The van der Waals surface area contributed by atoms with Gasteiger partial charge in [0.05, 0.1) is 12.6 Å². The Balaban J connectivity index is 1.57. The average molecular weight is 455 g/mol. The van der Waals surface area contributed by atoms with Crippen LogP contribution >= 0.6 is 11.3 Å². The third-order valence-corrected chi connectivity index (χ3v) is 7.84. The number of amides is 1. The monoisotopic (exact) mass is 454 g/mol. The van der Waals surface area contributed by atoms with E-state index in [2.05, 4.69) is 17.0 Å². The highest BCUT2D eigenvalue weighted by Crippen LogP contribution is 2.37. The van der Waals surface area contributed by atoms with Crippen LogP contribution in [-0.4, -0.2) is 34.9 Å². The molecule has 1 saturated heterocycles. The van der Waals surface area contributed by atoms with Crippen molar-refractivity contribution in [2.45, 2.75) is 77.2 Å².